The number of benzene rings is 1. The van der Waals surface area contributed by atoms with Gasteiger partial charge < -0.3 is 4.90 Å². The number of sulfonamides is 1. The molecule has 1 aromatic carbocycles. The first-order valence-corrected chi connectivity index (χ1v) is 8.92. The molecule has 0 spiro atoms. The number of hydrogen-bond donors (Lipinski definition) is 0. The first-order chi connectivity index (χ1) is 9.80. The van der Waals surface area contributed by atoms with Crippen molar-refractivity contribution in [2.45, 2.75) is 32.4 Å². The van der Waals surface area contributed by atoms with Crippen molar-refractivity contribution in [1.29, 1.82) is 0 Å². The Morgan fingerprint density at radius 3 is 2.67 bits per heavy atom. The van der Waals surface area contributed by atoms with Crippen LogP contribution in [0.4, 0.5) is 0 Å². The van der Waals surface area contributed by atoms with E-state index in [9.17, 15) is 13.2 Å². The Labute approximate surface area is 126 Å². The standard InChI is InChI=1S/C15H22N2O3S/c1-12-7-4-5-8-13(12)11-16(2)15(18)14-9-6-10-17(14)21(3,19)20/h4-5,7-8,14H,6,9-11H2,1-3H3/t14-/m1/s1. The predicted octanol–water partition coefficient (Wildman–Crippen LogP) is 1.38. The largest absolute Gasteiger partial charge is 0.340 e. The molecule has 1 aliphatic heterocycles. The lowest BCUT2D eigenvalue weighted by Gasteiger charge is -2.26. The number of aryl methyl sites for hydroxylation is 1. The van der Waals surface area contributed by atoms with Crippen molar-refractivity contribution in [3.05, 3.63) is 35.4 Å². The molecule has 1 aromatic rings. The summed E-state index contributed by atoms with van der Waals surface area (Å²) in [5, 5.41) is 0. The summed E-state index contributed by atoms with van der Waals surface area (Å²) in [7, 11) is -1.60. The number of nitrogens with zero attached hydrogens (tertiary/aromatic N) is 2. The Kier molecular flexibility index (Phi) is 4.68. The summed E-state index contributed by atoms with van der Waals surface area (Å²) in [5.41, 5.74) is 2.21. The third-order valence-corrected chi connectivity index (χ3v) is 5.25. The number of carbonyl (C=O) groups excluding carboxylic acids is 1. The summed E-state index contributed by atoms with van der Waals surface area (Å²) in [6.45, 7) is 2.94. The zero-order valence-electron chi connectivity index (χ0n) is 12.7. The monoisotopic (exact) mass is 310 g/mol. The van der Waals surface area contributed by atoms with E-state index in [4.69, 9.17) is 0 Å². The van der Waals surface area contributed by atoms with Gasteiger partial charge in [-0.3, -0.25) is 4.79 Å². The van der Waals surface area contributed by atoms with E-state index in [1.807, 2.05) is 31.2 Å². The summed E-state index contributed by atoms with van der Waals surface area (Å²) in [4.78, 5) is 14.2. The molecule has 2 rings (SSSR count). The Morgan fingerprint density at radius 2 is 2.05 bits per heavy atom. The van der Waals surface area contributed by atoms with E-state index in [0.29, 0.717) is 19.5 Å². The number of hydrogen-bond acceptors (Lipinski definition) is 3. The van der Waals surface area contributed by atoms with Crippen molar-refractivity contribution in [2.75, 3.05) is 19.8 Å². The minimum absolute atomic E-state index is 0.124. The van der Waals surface area contributed by atoms with Gasteiger partial charge in [-0.05, 0) is 30.9 Å². The molecule has 5 nitrogen and oxygen atoms in total. The van der Waals surface area contributed by atoms with Crippen LogP contribution in [0.3, 0.4) is 0 Å². The normalized spacial score (nSPS) is 19.7. The van der Waals surface area contributed by atoms with Crippen LogP contribution < -0.4 is 0 Å². The highest BCUT2D eigenvalue weighted by molar-refractivity contribution is 7.88. The summed E-state index contributed by atoms with van der Waals surface area (Å²) < 4.78 is 24.8. The van der Waals surface area contributed by atoms with Crippen molar-refractivity contribution < 1.29 is 13.2 Å². The van der Waals surface area contributed by atoms with E-state index in [2.05, 4.69) is 0 Å². The molecule has 0 saturated carbocycles. The van der Waals surface area contributed by atoms with Gasteiger partial charge in [-0.25, -0.2) is 8.42 Å². The molecule has 1 amide bonds. The van der Waals surface area contributed by atoms with E-state index in [1.54, 1.807) is 11.9 Å². The Balaban J connectivity index is 2.11. The molecule has 0 aliphatic carbocycles. The van der Waals surface area contributed by atoms with E-state index in [1.165, 1.54) is 10.6 Å². The van der Waals surface area contributed by atoms with Gasteiger partial charge in [0.15, 0.2) is 0 Å². The lowest BCUT2D eigenvalue weighted by atomic mass is 10.1. The summed E-state index contributed by atoms with van der Waals surface area (Å²) in [5.74, 6) is -0.124. The molecule has 6 heteroatoms. The fourth-order valence-electron chi connectivity index (χ4n) is 2.76. The number of amides is 1. The van der Waals surface area contributed by atoms with Gasteiger partial charge >= 0.3 is 0 Å². The maximum atomic E-state index is 12.5. The third kappa shape index (κ3) is 3.63. The van der Waals surface area contributed by atoms with Crippen LogP contribution in [0.5, 0.6) is 0 Å². The molecule has 0 bridgehead atoms. The zero-order chi connectivity index (χ0) is 15.6. The molecule has 0 aromatic heterocycles. The molecule has 1 saturated heterocycles. The molecule has 0 unspecified atom stereocenters. The number of likely N-dealkylation sites (N-methyl/N-ethyl adjacent to an activating group) is 1. The second kappa shape index (κ2) is 6.15. The van der Waals surface area contributed by atoms with E-state index < -0.39 is 16.1 Å². The van der Waals surface area contributed by atoms with Crippen LogP contribution in [-0.2, 0) is 21.4 Å². The van der Waals surface area contributed by atoms with Crippen molar-refractivity contribution in [1.82, 2.24) is 9.21 Å². The van der Waals surface area contributed by atoms with E-state index >= 15 is 0 Å². The van der Waals surface area contributed by atoms with Crippen LogP contribution in [0.2, 0.25) is 0 Å². The number of rotatable bonds is 4. The molecule has 1 atom stereocenters. The Morgan fingerprint density at radius 1 is 1.38 bits per heavy atom. The highest BCUT2D eigenvalue weighted by Gasteiger charge is 2.37. The van der Waals surface area contributed by atoms with E-state index in [0.717, 1.165) is 17.5 Å². The van der Waals surface area contributed by atoms with Crippen LogP contribution >= 0.6 is 0 Å². The van der Waals surface area contributed by atoms with Crippen LogP contribution in [0.15, 0.2) is 24.3 Å². The maximum absolute atomic E-state index is 12.5. The second-order valence-electron chi connectivity index (χ2n) is 5.65. The first kappa shape index (κ1) is 16.0. The average molecular weight is 310 g/mol. The SMILES string of the molecule is Cc1ccccc1CN(C)C(=O)[C@H]1CCCN1S(C)(=O)=O. The lowest BCUT2D eigenvalue weighted by molar-refractivity contribution is -0.133. The summed E-state index contributed by atoms with van der Waals surface area (Å²) in [6.07, 6.45) is 2.51. The van der Waals surface area contributed by atoms with Gasteiger partial charge in [-0.2, -0.15) is 4.31 Å². The van der Waals surface area contributed by atoms with Crippen molar-refractivity contribution in [2.24, 2.45) is 0 Å². The molecular formula is C15H22N2O3S. The van der Waals surface area contributed by atoms with Gasteiger partial charge in [-0.1, -0.05) is 24.3 Å². The fraction of sp³-hybridized carbons (Fsp3) is 0.533. The van der Waals surface area contributed by atoms with Crippen molar-refractivity contribution in [3.63, 3.8) is 0 Å². The van der Waals surface area contributed by atoms with Gasteiger partial charge in [0.05, 0.1) is 6.26 Å². The maximum Gasteiger partial charge on any atom is 0.241 e. The number of carbonyl (C=O) groups is 1. The summed E-state index contributed by atoms with van der Waals surface area (Å²) in [6, 6.07) is 7.35. The smallest absolute Gasteiger partial charge is 0.241 e. The fourth-order valence-corrected chi connectivity index (χ4v) is 3.88. The predicted molar refractivity (Wildman–Crippen MR) is 82.2 cm³/mol. The highest BCUT2D eigenvalue weighted by atomic mass is 32.2. The van der Waals surface area contributed by atoms with E-state index in [-0.39, 0.29) is 5.91 Å². The first-order valence-electron chi connectivity index (χ1n) is 7.07. The second-order valence-corrected chi connectivity index (χ2v) is 7.59. The lowest BCUT2D eigenvalue weighted by Crippen LogP contribution is -2.45. The van der Waals surface area contributed by atoms with Crippen LogP contribution in [0.1, 0.15) is 24.0 Å². The van der Waals surface area contributed by atoms with Gasteiger partial charge in [-0.15, -0.1) is 0 Å². The van der Waals surface area contributed by atoms with Crippen molar-refractivity contribution >= 4 is 15.9 Å². The molecule has 1 heterocycles. The molecule has 1 aliphatic rings. The quantitative estimate of drug-likeness (QED) is 0.844. The Bertz CT molecular complexity index is 628. The minimum atomic E-state index is -3.33. The highest BCUT2D eigenvalue weighted by Crippen LogP contribution is 2.22. The topological polar surface area (TPSA) is 57.7 Å². The molecule has 1 fully saturated rings. The zero-order valence-corrected chi connectivity index (χ0v) is 13.6. The van der Waals surface area contributed by atoms with Gasteiger partial charge in [0, 0.05) is 20.1 Å². The summed E-state index contributed by atoms with van der Waals surface area (Å²) >= 11 is 0. The molecule has 116 valence electrons. The molecule has 0 N–H and O–H groups in total. The van der Waals surface area contributed by atoms with Crippen LogP contribution in [0.25, 0.3) is 0 Å². The molecular weight excluding hydrogens is 288 g/mol. The average Bonchev–Trinajstić information content (AvgIpc) is 2.89. The molecule has 0 radical (unpaired) electrons. The Hall–Kier alpha value is -1.40. The van der Waals surface area contributed by atoms with Gasteiger partial charge in [0.1, 0.15) is 6.04 Å². The molecule has 21 heavy (non-hydrogen) atoms. The van der Waals surface area contributed by atoms with Crippen molar-refractivity contribution in [3.8, 4) is 0 Å². The van der Waals surface area contributed by atoms with Gasteiger partial charge in [0.2, 0.25) is 15.9 Å². The minimum Gasteiger partial charge on any atom is -0.340 e. The van der Waals surface area contributed by atoms with Gasteiger partial charge in [0.25, 0.3) is 0 Å². The van der Waals surface area contributed by atoms with Crippen LogP contribution in [-0.4, -0.2) is 49.4 Å². The third-order valence-electron chi connectivity index (χ3n) is 3.96. The van der Waals surface area contributed by atoms with Crippen LogP contribution in [0, 0.1) is 6.92 Å².